The Morgan fingerprint density at radius 1 is 1.36 bits per heavy atom. The number of furan rings is 2. The Bertz CT molecular complexity index is 672. The summed E-state index contributed by atoms with van der Waals surface area (Å²) in [4.78, 5) is 14.1. The lowest BCUT2D eigenvalue weighted by Crippen LogP contribution is -2.38. The van der Waals surface area contributed by atoms with E-state index in [1.165, 1.54) is 26.4 Å². The molecule has 6 heteroatoms. The van der Waals surface area contributed by atoms with Crippen molar-refractivity contribution in [1.29, 1.82) is 0 Å². The number of rotatable bonds is 7. The van der Waals surface area contributed by atoms with Crippen molar-refractivity contribution in [3.63, 3.8) is 0 Å². The second-order valence-electron chi connectivity index (χ2n) is 6.43. The number of carbonyl (C=O) groups excluding carboxylic acids is 1. The van der Waals surface area contributed by atoms with Gasteiger partial charge < -0.3 is 18.9 Å². The molecule has 0 spiro atoms. The molecule has 1 saturated heterocycles. The number of carbonyl (C=O) groups is 1. The van der Waals surface area contributed by atoms with Crippen LogP contribution in [-0.4, -0.2) is 37.6 Å². The van der Waals surface area contributed by atoms with Gasteiger partial charge >= 0.3 is 5.97 Å². The molecule has 0 amide bonds. The number of esters is 1. The highest BCUT2D eigenvalue weighted by Gasteiger charge is 2.24. The molecule has 2 aromatic heterocycles. The number of aryl methyl sites for hydroxylation is 1. The molecule has 3 rings (SSSR count). The van der Waals surface area contributed by atoms with Crippen molar-refractivity contribution < 1.29 is 18.4 Å². The van der Waals surface area contributed by atoms with Crippen LogP contribution in [0.5, 0.6) is 0 Å². The Hall–Kier alpha value is -2.05. The largest absolute Gasteiger partial charge is 0.468 e. The minimum absolute atomic E-state index is 0.214. The van der Waals surface area contributed by atoms with Gasteiger partial charge in [-0.2, -0.15) is 0 Å². The first-order valence-corrected chi connectivity index (χ1v) is 8.85. The summed E-state index contributed by atoms with van der Waals surface area (Å²) in [6.07, 6.45) is 5.50. The van der Waals surface area contributed by atoms with Crippen LogP contribution in [0.25, 0.3) is 0 Å². The van der Waals surface area contributed by atoms with Gasteiger partial charge in [-0.3, -0.25) is 4.90 Å². The fraction of sp³-hybridized carbons (Fsp3) is 0.526. The lowest BCUT2D eigenvalue weighted by molar-refractivity contribution is 0.0599. The van der Waals surface area contributed by atoms with Crippen LogP contribution in [0.2, 0.25) is 0 Å². The minimum atomic E-state index is -0.366. The SMILES string of the molecule is COC(=O)c1cc(CNC[C@H](c2ccco2)N2CCCCC2)oc1C. The first kappa shape index (κ1) is 17.8. The van der Waals surface area contributed by atoms with Crippen LogP contribution in [0.3, 0.4) is 0 Å². The van der Waals surface area contributed by atoms with Gasteiger partial charge in [-0.1, -0.05) is 6.42 Å². The average Bonchev–Trinajstić information content (AvgIpc) is 3.29. The third-order valence-corrected chi connectivity index (χ3v) is 4.71. The first-order chi connectivity index (χ1) is 12.2. The second kappa shape index (κ2) is 8.36. The highest BCUT2D eigenvalue weighted by atomic mass is 16.5. The molecule has 3 heterocycles. The zero-order valence-electron chi connectivity index (χ0n) is 14.9. The molecule has 25 heavy (non-hydrogen) atoms. The van der Waals surface area contributed by atoms with E-state index in [1.54, 1.807) is 19.3 Å². The minimum Gasteiger partial charge on any atom is -0.468 e. The summed E-state index contributed by atoms with van der Waals surface area (Å²) in [7, 11) is 1.37. The van der Waals surface area contributed by atoms with Crippen molar-refractivity contribution in [2.75, 3.05) is 26.7 Å². The molecule has 1 atom stereocenters. The van der Waals surface area contributed by atoms with Crippen LogP contribution in [0.15, 0.2) is 33.3 Å². The standard InChI is InChI=1S/C19H26N2O4/c1-14-16(19(22)23-2)11-15(25-14)12-20-13-17(18-7-6-10-24-18)21-8-4-3-5-9-21/h6-7,10-11,17,20H,3-5,8-9,12-13H2,1-2H3/t17-/m1/s1. The predicted molar refractivity (Wildman–Crippen MR) is 93.4 cm³/mol. The molecule has 1 N–H and O–H groups in total. The monoisotopic (exact) mass is 346 g/mol. The van der Waals surface area contributed by atoms with Crippen LogP contribution in [0, 0.1) is 6.92 Å². The summed E-state index contributed by atoms with van der Waals surface area (Å²) in [6.45, 7) is 5.29. The third-order valence-electron chi connectivity index (χ3n) is 4.71. The molecule has 0 aliphatic carbocycles. The van der Waals surface area contributed by atoms with Crippen LogP contribution < -0.4 is 5.32 Å². The highest BCUT2D eigenvalue weighted by molar-refractivity contribution is 5.90. The molecule has 0 saturated carbocycles. The number of nitrogens with one attached hydrogen (secondary N) is 1. The average molecular weight is 346 g/mol. The van der Waals surface area contributed by atoms with Crippen LogP contribution >= 0.6 is 0 Å². The van der Waals surface area contributed by atoms with E-state index in [1.807, 2.05) is 12.1 Å². The predicted octanol–water partition coefficient (Wildman–Crippen LogP) is 3.28. The Morgan fingerprint density at radius 2 is 2.16 bits per heavy atom. The van der Waals surface area contributed by atoms with Crippen molar-refractivity contribution in [2.24, 2.45) is 0 Å². The molecule has 0 unspecified atom stereocenters. The molecule has 0 bridgehead atoms. The number of ether oxygens (including phenoxy) is 1. The molecule has 136 valence electrons. The van der Waals surface area contributed by atoms with Gasteiger partial charge in [0.05, 0.1) is 26.0 Å². The van der Waals surface area contributed by atoms with Gasteiger partial charge in [-0.05, 0) is 51.1 Å². The molecule has 6 nitrogen and oxygen atoms in total. The number of likely N-dealkylation sites (tertiary alicyclic amines) is 1. The molecule has 0 radical (unpaired) electrons. The molecule has 1 aliphatic heterocycles. The van der Waals surface area contributed by atoms with E-state index in [0.717, 1.165) is 31.2 Å². The van der Waals surface area contributed by atoms with Crippen molar-refractivity contribution in [3.8, 4) is 0 Å². The molecular weight excluding hydrogens is 320 g/mol. The molecular formula is C19H26N2O4. The van der Waals surface area contributed by atoms with E-state index in [0.29, 0.717) is 17.9 Å². The van der Waals surface area contributed by atoms with Gasteiger partial charge in [0.15, 0.2) is 0 Å². The second-order valence-corrected chi connectivity index (χ2v) is 6.43. The van der Waals surface area contributed by atoms with Gasteiger partial charge in [-0.15, -0.1) is 0 Å². The Kier molecular flexibility index (Phi) is 5.94. The highest BCUT2D eigenvalue weighted by Crippen LogP contribution is 2.24. The van der Waals surface area contributed by atoms with Crippen molar-refractivity contribution >= 4 is 5.97 Å². The van der Waals surface area contributed by atoms with E-state index in [2.05, 4.69) is 10.2 Å². The summed E-state index contributed by atoms with van der Waals surface area (Å²) in [5, 5.41) is 3.44. The fourth-order valence-electron chi connectivity index (χ4n) is 3.40. The van der Waals surface area contributed by atoms with E-state index in [4.69, 9.17) is 13.6 Å². The molecule has 0 aromatic carbocycles. The first-order valence-electron chi connectivity index (χ1n) is 8.85. The quantitative estimate of drug-likeness (QED) is 0.776. The van der Waals surface area contributed by atoms with Gasteiger partial charge in [0.25, 0.3) is 0 Å². The lowest BCUT2D eigenvalue weighted by atomic mass is 10.1. The van der Waals surface area contributed by atoms with Crippen molar-refractivity contribution in [3.05, 3.63) is 47.3 Å². The number of nitrogens with zero attached hydrogens (tertiary/aromatic N) is 1. The van der Waals surface area contributed by atoms with Gasteiger partial charge in [-0.25, -0.2) is 4.79 Å². The van der Waals surface area contributed by atoms with Gasteiger partial charge in [0.2, 0.25) is 0 Å². The molecule has 1 fully saturated rings. The molecule has 1 aliphatic rings. The van der Waals surface area contributed by atoms with Gasteiger partial charge in [0, 0.05) is 6.54 Å². The summed E-state index contributed by atoms with van der Waals surface area (Å²) < 4.78 is 16.1. The van der Waals surface area contributed by atoms with Crippen LogP contribution in [0.1, 0.15) is 52.9 Å². The Morgan fingerprint density at radius 3 is 2.84 bits per heavy atom. The summed E-state index contributed by atoms with van der Waals surface area (Å²) >= 11 is 0. The number of hydrogen-bond donors (Lipinski definition) is 1. The number of methoxy groups -OCH3 is 1. The summed E-state index contributed by atoms with van der Waals surface area (Å²) in [5.41, 5.74) is 0.484. The smallest absolute Gasteiger partial charge is 0.341 e. The topological polar surface area (TPSA) is 67.8 Å². The van der Waals surface area contributed by atoms with E-state index in [-0.39, 0.29) is 12.0 Å². The maximum Gasteiger partial charge on any atom is 0.341 e. The zero-order valence-corrected chi connectivity index (χ0v) is 14.9. The van der Waals surface area contributed by atoms with Crippen LogP contribution in [0.4, 0.5) is 0 Å². The van der Waals surface area contributed by atoms with E-state index >= 15 is 0 Å². The van der Waals surface area contributed by atoms with E-state index < -0.39 is 0 Å². The summed E-state index contributed by atoms with van der Waals surface area (Å²) in [6, 6.07) is 5.93. The van der Waals surface area contributed by atoms with Gasteiger partial charge in [0.1, 0.15) is 22.8 Å². The maximum absolute atomic E-state index is 11.7. The Labute approximate surface area is 148 Å². The van der Waals surface area contributed by atoms with E-state index in [9.17, 15) is 4.79 Å². The summed E-state index contributed by atoms with van der Waals surface area (Å²) in [5.74, 6) is 1.94. The Balaban J connectivity index is 1.61. The fourth-order valence-corrected chi connectivity index (χ4v) is 3.40. The third kappa shape index (κ3) is 4.32. The number of piperidine rings is 1. The lowest BCUT2D eigenvalue weighted by Gasteiger charge is -2.33. The number of hydrogen-bond acceptors (Lipinski definition) is 6. The normalized spacial score (nSPS) is 16.7. The zero-order chi connectivity index (χ0) is 17.6. The van der Waals surface area contributed by atoms with Crippen molar-refractivity contribution in [2.45, 2.75) is 38.8 Å². The van der Waals surface area contributed by atoms with Crippen LogP contribution in [-0.2, 0) is 11.3 Å². The molecule has 2 aromatic rings. The van der Waals surface area contributed by atoms with Crippen molar-refractivity contribution in [1.82, 2.24) is 10.2 Å². The maximum atomic E-state index is 11.7.